The third-order valence-electron chi connectivity index (χ3n) is 12.7. The highest BCUT2D eigenvalue weighted by atomic mass is 32.1. The molecule has 1 heterocycles. The molecule has 0 amide bonds. The Morgan fingerprint density at radius 3 is 1.77 bits per heavy atom. The summed E-state index contributed by atoms with van der Waals surface area (Å²) in [5, 5.41) is 5.06. The predicted octanol–water partition coefficient (Wildman–Crippen LogP) is 16.4. The minimum absolute atomic E-state index is 0.527. The SMILES string of the molecule is c1ccc(-c2ccc(-c3ccc4ccccc4c3)cc2N(c2ccc3c(c2)sc2ccccc23)c2cccc3c2-c2ccccc2C3(c2ccccc2)c2ccccc2)cc1. The minimum Gasteiger partial charge on any atom is -0.309 e. The van der Waals surface area contributed by atoms with Crippen LogP contribution in [0.2, 0.25) is 0 Å². The molecule has 0 aliphatic heterocycles. The molecule has 1 nitrogen and oxygen atoms in total. The smallest absolute Gasteiger partial charge is 0.0714 e. The van der Waals surface area contributed by atoms with Crippen LogP contribution in [0.5, 0.6) is 0 Å². The fourth-order valence-electron chi connectivity index (χ4n) is 10.0. The maximum atomic E-state index is 2.55. The van der Waals surface area contributed by atoms with E-state index in [-0.39, 0.29) is 0 Å². The third kappa shape index (κ3) is 5.60. The maximum Gasteiger partial charge on any atom is 0.0714 e. The Morgan fingerprint density at radius 2 is 0.967 bits per heavy atom. The molecule has 286 valence electrons. The molecule has 0 radical (unpaired) electrons. The van der Waals surface area contributed by atoms with Crippen LogP contribution in [0.4, 0.5) is 17.1 Å². The van der Waals surface area contributed by atoms with Crippen LogP contribution in [0.3, 0.4) is 0 Å². The monoisotopic (exact) mass is 793 g/mol. The second-order valence-electron chi connectivity index (χ2n) is 16.0. The Kier molecular flexibility index (Phi) is 8.33. The minimum atomic E-state index is -0.527. The van der Waals surface area contributed by atoms with Crippen molar-refractivity contribution in [1.29, 1.82) is 0 Å². The van der Waals surface area contributed by atoms with Gasteiger partial charge in [-0.1, -0.05) is 200 Å². The summed E-state index contributed by atoms with van der Waals surface area (Å²) in [5.41, 5.74) is 15.2. The summed E-state index contributed by atoms with van der Waals surface area (Å²) in [6.45, 7) is 0. The zero-order valence-electron chi connectivity index (χ0n) is 33.4. The number of hydrogen-bond donors (Lipinski definition) is 0. The van der Waals surface area contributed by atoms with Gasteiger partial charge >= 0.3 is 0 Å². The van der Waals surface area contributed by atoms with Crippen molar-refractivity contribution in [1.82, 2.24) is 0 Å². The van der Waals surface area contributed by atoms with Crippen LogP contribution < -0.4 is 4.90 Å². The molecule has 12 rings (SSSR count). The molecule has 61 heavy (non-hydrogen) atoms. The molecule has 0 bridgehead atoms. The number of anilines is 3. The van der Waals surface area contributed by atoms with Gasteiger partial charge in [0.1, 0.15) is 0 Å². The normalized spacial score (nSPS) is 12.7. The first-order valence-corrected chi connectivity index (χ1v) is 21.8. The van der Waals surface area contributed by atoms with Crippen LogP contribution in [0, 0.1) is 0 Å². The highest BCUT2D eigenvalue weighted by Gasteiger charge is 2.47. The van der Waals surface area contributed by atoms with Crippen molar-refractivity contribution in [3.05, 3.63) is 259 Å². The highest BCUT2D eigenvalue weighted by Crippen LogP contribution is 2.60. The number of thiophene rings is 1. The molecule has 11 aromatic rings. The number of benzene rings is 10. The van der Waals surface area contributed by atoms with Crippen LogP contribution in [0.15, 0.2) is 237 Å². The molecule has 10 aromatic carbocycles. The first-order valence-electron chi connectivity index (χ1n) is 21.0. The van der Waals surface area contributed by atoms with Crippen molar-refractivity contribution in [3.63, 3.8) is 0 Å². The van der Waals surface area contributed by atoms with Gasteiger partial charge in [0, 0.05) is 37.0 Å². The fraction of sp³-hybridized carbons (Fsp3) is 0.0169. The van der Waals surface area contributed by atoms with E-state index in [1.807, 2.05) is 11.3 Å². The molecule has 0 unspecified atom stereocenters. The van der Waals surface area contributed by atoms with E-state index in [4.69, 9.17) is 0 Å². The summed E-state index contributed by atoms with van der Waals surface area (Å²) in [4.78, 5) is 2.55. The van der Waals surface area contributed by atoms with E-state index in [0.29, 0.717) is 0 Å². The quantitative estimate of drug-likeness (QED) is 0.155. The molecule has 1 aromatic heterocycles. The van der Waals surface area contributed by atoms with Gasteiger partial charge in [0.15, 0.2) is 0 Å². The van der Waals surface area contributed by atoms with Crippen molar-refractivity contribution in [2.45, 2.75) is 5.41 Å². The summed E-state index contributed by atoms with van der Waals surface area (Å²) >= 11 is 1.87. The predicted molar refractivity (Wildman–Crippen MR) is 260 cm³/mol. The zero-order valence-corrected chi connectivity index (χ0v) is 34.2. The van der Waals surface area contributed by atoms with Crippen molar-refractivity contribution in [3.8, 4) is 33.4 Å². The molecule has 0 spiro atoms. The first kappa shape index (κ1) is 35.4. The van der Waals surface area contributed by atoms with Gasteiger partial charge < -0.3 is 4.90 Å². The van der Waals surface area contributed by atoms with Crippen LogP contribution in [0.1, 0.15) is 22.3 Å². The average Bonchev–Trinajstić information content (AvgIpc) is 3.86. The van der Waals surface area contributed by atoms with Gasteiger partial charge in [-0.15, -0.1) is 11.3 Å². The van der Waals surface area contributed by atoms with E-state index in [1.54, 1.807) is 0 Å². The van der Waals surface area contributed by atoms with Crippen molar-refractivity contribution >= 4 is 59.3 Å². The molecular formula is C59H39NS. The molecule has 0 atom stereocenters. The van der Waals surface area contributed by atoms with E-state index in [1.165, 1.54) is 86.6 Å². The lowest BCUT2D eigenvalue weighted by Crippen LogP contribution is -2.28. The van der Waals surface area contributed by atoms with Gasteiger partial charge in [-0.3, -0.25) is 0 Å². The average molecular weight is 794 g/mol. The summed E-state index contributed by atoms with van der Waals surface area (Å²) in [5.74, 6) is 0. The van der Waals surface area contributed by atoms with Gasteiger partial charge in [0.25, 0.3) is 0 Å². The lowest BCUT2D eigenvalue weighted by atomic mass is 9.68. The van der Waals surface area contributed by atoms with E-state index < -0.39 is 5.41 Å². The number of rotatable bonds is 7. The van der Waals surface area contributed by atoms with Crippen LogP contribution in [0.25, 0.3) is 64.3 Å². The van der Waals surface area contributed by atoms with Crippen LogP contribution in [-0.2, 0) is 5.41 Å². The van der Waals surface area contributed by atoms with Crippen LogP contribution in [-0.4, -0.2) is 0 Å². The summed E-state index contributed by atoms with van der Waals surface area (Å²) in [6, 6.07) is 87.5. The molecule has 0 saturated carbocycles. The Bertz CT molecular complexity index is 3380. The van der Waals surface area contributed by atoms with Crippen LogP contribution >= 0.6 is 11.3 Å². The molecule has 1 aliphatic carbocycles. The zero-order chi connectivity index (χ0) is 40.3. The van der Waals surface area contributed by atoms with Gasteiger partial charge in [0.05, 0.1) is 16.8 Å². The van der Waals surface area contributed by atoms with E-state index in [0.717, 1.165) is 17.1 Å². The standard InChI is InChI=1S/C59H39NS/c1-4-18-41(19-5-1)48-35-33-44(43-32-31-40-17-10-11-20-42(40)37-43)38-55(48)60(47-34-36-50-49-25-13-15-30-56(49)61-57(50)39-47)54-29-16-28-53-58(54)51-26-12-14-27-52(51)59(53,45-21-6-2-7-22-45)46-23-8-3-9-24-46/h1-39H. The number of hydrogen-bond acceptors (Lipinski definition) is 2. The molecule has 0 saturated heterocycles. The van der Waals surface area contributed by atoms with Gasteiger partial charge in [-0.2, -0.15) is 0 Å². The summed E-state index contributed by atoms with van der Waals surface area (Å²) in [6.07, 6.45) is 0. The molecular weight excluding hydrogens is 755 g/mol. The van der Waals surface area contributed by atoms with Gasteiger partial charge in [-0.25, -0.2) is 0 Å². The largest absolute Gasteiger partial charge is 0.309 e. The number of nitrogens with zero attached hydrogens (tertiary/aromatic N) is 1. The first-order chi connectivity index (χ1) is 30.3. The highest BCUT2D eigenvalue weighted by molar-refractivity contribution is 7.25. The Morgan fingerprint density at radius 1 is 0.344 bits per heavy atom. The van der Waals surface area contributed by atoms with E-state index >= 15 is 0 Å². The third-order valence-corrected chi connectivity index (χ3v) is 13.9. The topological polar surface area (TPSA) is 3.24 Å². The lowest BCUT2D eigenvalue weighted by molar-refractivity contribution is 0.768. The van der Waals surface area contributed by atoms with Gasteiger partial charge in [0.2, 0.25) is 0 Å². The molecule has 0 N–H and O–H groups in total. The van der Waals surface area contributed by atoms with Crippen molar-refractivity contribution < 1.29 is 0 Å². The number of fused-ring (bicyclic) bond motifs is 7. The second-order valence-corrected chi connectivity index (χ2v) is 17.1. The summed E-state index contributed by atoms with van der Waals surface area (Å²) in [7, 11) is 0. The van der Waals surface area contributed by atoms with Gasteiger partial charge in [-0.05, 0) is 91.7 Å². The Labute approximate surface area is 360 Å². The second kappa shape index (κ2) is 14.3. The van der Waals surface area contributed by atoms with Crippen molar-refractivity contribution in [2.24, 2.45) is 0 Å². The Hall–Kier alpha value is -7.52. The van der Waals surface area contributed by atoms with E-state index in [9.17, 15) is 0 Å². The summed E-state index contributed by atoms with van der Waals surface area (Å²) < 4.78 is 2.57. The van der Waals surface area contributed by atoms with Crippen molar-refractivity contribution in [2.75, 3.05) is 4.90 Å². The Balaban J connectivity index is 1.19. The lowest BCUT2D eigenvalue weighted by Gasteiger charge is -2.34. The molecule has 0 fully saturated rings. The molecule has 1 aliphatic rings. The fourth-order valence-corrected chi connectivity index (χ4v) is 11.2. The van der Waals surface area contributed by atoms with E-state index in [2.05, 4.69) is 241 Å². The molecule has 2 heteroatoms. The maximum absolute atomic E-state index is 2.55.